The number of anilines is 1. The minimum Gasteiger partial charge on any atom is -0.495 e. The minimum atomic E-state index is -3.93. The third-order valence-corrected chi connectivity index (χ3v) is 5.31. The third-order valence-electron chi connectivity index (χ3n) is 3.53. The van der Waals surface area contributed by atoms with E-state index < -0.39 is 27.3 Å². The fourth-order valence-electron chi connectivity index (χ4n) is 2.42. The van der Waals surface area contributed by atoms with Crippen LogP contribution in [0.25, 0.3) is 0 Å². The summed E-state index contributed by atoms with van der Waals surface area (Å²) in [5.74, 6) is -1.11. The molecule has 2 aromatic rings. The number of rotatable bonds is 5. The number of benzene rings is 2. The molecule has 0 bridgehead atoms. The molecule has 0 aliphatic carbocycles. The SMILES string of the molecule is COc1ccc(C(=O)Nc2cc(C)ccc2F)cc1S(=O)(=O)NC(C)(C)C. The molecule has 27 heavy (non-hydrogen) atoms. The van der Waals surface area contributed by atoms with Gasteiger partial charge in [-0.1, -0.05) is 6.07 Å². The summed E-state index contributed by atoms with van der Waals surface area (Å²) in [5, 5.41) is 2.46. The van der Waals surface area contributed by atoms with Gasteiger partial charge in [-0.3, -0.25) is 4.79 Å². The number of hydrogen-bond acceptors (Lipinski definition) is 4. The molecule has 0 saturated heterocycles. The normalized spacial score (nSPS) is 11.9. The van der Waals surface area contributed by atoms with Gasteiger partial charge in [0, 0.05) is 11.1 Å². The number of nitrogens with one attached hydrogen (secondary N) is 2. The second-order valence-electron chi connectivity index (χ2n) is 7.16. The zero-order chi connectivity index (χ0) is 20.4. The van der Waals surface area contributed by atoms with Crippen molar-refractivity contribution in [2.45, 2.75) is 38.1 Å². The van der Waals surface area contributed by atoms with Crippen LogP contribution in [0, 0.1) is 12.7 Å². The van der Waals surface area contributed by atoms with E-state index in [0.717, 1.165) is 5.56 Å². The van der Waals surface area contributed by atoms with Crippen molar-refractivity contribution >= 4 is 21.6 Å². The van der Waals surface area contributed by atoms with Gasteiger partial charge in [0.25, 0.3) is 5.91 Å². The van der Waals surface area contributed by atoms with Crippen LogP contribution in [0.15, 0.2) is 41.3 Å². The van der Waals surface area contributed by atoms with Crippen molar-refractivity contribution < 1.29 is 22.3 Å². The Labute approximate surface area is 158 Å². The van der Waals surface area contributed by atoms with Crippen molar-refractivity contribution in [3.05, 3.63) is 53.3 Å². The van der Waals surface area contributed by atoms with Crippen molar-refractivity contribution in [1.82, 2.24) is 4.72 Å². The van der Waals surface area contributed by atoms with Crippen molar-refractivity contribution in [1.29, 1.82) is 0 Å². The van der Waals surface area contributed by atoms with E-state index in [-0.39, 0.29) is 21.9 Å². The van der Waals surface area contributed by atoms with Crippen LogP contribution in [0.4, 0.5) is 10.1 Å². The van der Waals surface area contributed by atoms with Crippen molar-refractivity contribution in [2.24, 2.45) is 0 Å². The van der Waals surface area contributed by atoms with E-state index in [1.807, 2.05) is 0 Å². The summed E-state index contributed by atoms with van der Waals surface area (Å²) in [6, 6.07) is 8.34. The molecule has 0 aromatic heterocycles. The second-order valence-corrected chi connectivity index (χ2v) is 8.81. The highest BCUT2D eigenvalue weighted by Gasteiger charge is 2.26. The standard InChI is InChI=1S/C19H23FN2O4S/c1-12-6-8-14(20)15(10-12)21-18(23)13-7-9-16(26-5)17(11-13)27(24,25)22-19(2,3)4/h6-11,22H,1-5H3,(H,21,23). The first-order valence-corrected chi connectivity index (χ1v) is 9.71. The van der Waals surface area contributed by atoms with Crippen molar-refractivity contribution in [3.63, 3.8) is 0 Å². The van der Waals surface area contributed by atoms with Crippen LogP contribution in [0.2, 0.25) is 0 Å². The predicted octanol–water partition coefficient (Wildman–Crippen LogP) is 3.47. The number of methoxy groups -OCH3 is 1. The van der Waals surface area contributed by atoms with Gasteiger partial charge in [-0.2, -0.15) is 0 Å². The summed E-state index contributed by atoms with van der Waals surface area (Å²) < 4.78 is 46.9. The van der Waals surface area contributed by atoms with Gasteiger partial charge >= 0.3 is 0 Å². The molecule has 2 N–H and O–H groups in total. The summed E-state index contributed by atoms with van der Waals surface area (Å²) >= 11 is 0. The van der Waals surface area contributed by atoms with Crippen LogP contribution in [0.1, 0.15) is 36.7 Å². The van der Waals surface area contributed by atoms with E-state index in [1.54, 1.807) is 33.8 Å². The van der Waals surface area contributed by atoms with Crippen LogP contribution in [-0.4, -0.2) is 27.0 Å². The lowest BCUT2D eigenvalue weighted by molar-refractivity contribution is 0.102. The Morgan fingerprint density at radius 1 is 1.11 bits per heavy atom. The number of amides is 1. The van der Waals surface area contributed by atoms with E-state index in [0.29, 0.717) is 0 Å². The van der Waals surface area contributed by atoms with Crippen molar-refractivity contribution in [3.8, 4) is 5.75 Å². The van der Waals surface area contributed by atoms with Gasteiger partial charge in [0.2, 0.25) is 10.0 Å². The molecule has 0 unspecified atom stereocenters. The molecule has 0 aliphatic heterocycles. The predicted molar refractivity (Wildman–Crippen MR) is 102 cm³/mol. The number of ether oxygens (including phenoxy) is 1. The van der Waals surface area contributed by atoms with E-state index in [9.17, 15) is 17.6 Å². The largest absolute Gasteiger partial charge is 0.495 e. The topological polar surface area (TPSA) is 84.5 Å². The fourth-order valence-corrected chi connectivity index (χ4v) is 4.03. The van der Waals surface area contributed by atoms with Crippen molar-refractivity contribution in [2.75, 3.05) is 12.4 Å². The Bertz CT molecular complexity index is 966. The number of carbonyl (C=O) groups is 1. The van der Waals surface area contributed by atoms with E-state index in [4.69, 9.17) is 4.74 Å². The first-order chi connectivity index (χ1) is 12.4. The van der Waals surface area contributed by atoms with Gasteiger partial charge in [0.05, 0.1) is 12.8 Å². The Balaban J connectivity index is 2.41. The maximum atomic E-state index is 13.9. The minimum absolute atomic E-state index is 0.0213. The monoisotopic (exact) mass is 394 g/mol. The van der Waals surface area contributed by atoms with Gasteiger partial charge in [-0.25, -0.2) is 17.5 Å². The highest BCUT2D eigenvalue weighted by molar-refractivity contribution is 7.89. The van der Waals surface area contributed by atoms with E-state index >= 15 is 0 Å². The molecule has 8 heteroatoms. The Kier molecular flexibility index (Phi) is 5.91. The van der Waals surface area contributed by atoms with Crippen LogP contribution in [0.5, 0.6) is 5.75 Å². The molecule has 2 rings (SSSR count). The third kappa shape index (κ3) is 5.27. The number of carbonyl (C=O) groups excluding carboxylic acids is 1. The zero-order valence-corrected chi connectivity index (χ0v) is 16.7. The lowest BCUT2D eigenvalue weighted by atomic mass is 10.1. The van der Waals surface area contributed by atoms with Crippen LogP contribution in [0.3, 0.4) is 0 Å². The summed E-state index contributed by atoms with van der Waals surface area (Å²) in [4.78, 5) is 12.3. The highest BCUT2D eigenvalue weighted by atomic mass is 32.2. The van der Waals surface area contributed by atoms with Crippen LogP contribution >= 0.6 is 0 Å². The summed E-state index contributed by atoms with van der Waals surface area (Å²) in [6.07, 6.45) is 0. The lowest BCUT2D eigenvalue weighted by Crippen LogP contribution is -2.40. The number of sulfonamides is 1. The maximum absolute atomic E-state index is 13.9. The summed E-state index contributed by atoms with van der Waals surface area (Å²) in [6.45, 7) is 6.88. The summed E-state index contributed by atoms with van der Waals surface area (Å²) in [7, 11) is -2.59. The molecule has 146 valence electrons. The highest BCUT2D eigenvalue weighted by Crippen LogP contribution is 2.27. The maximum Gasteiger partial charge on any atom is 0.255 e. The Morgan fingerprint density at radius 3 is 2.37 bits per heavy atom. The Morgan fingerprint density at radius 2 is 1.78 bits per heavy atom. The smallest absolute Gasteiger partial charge is 0.255 e. The van der Waals surface area contributed by atoms with E-state index in [1.165, 1.54) is 37.4 Å². The molecule has 0 heterocycles. The molecule has 0 radical (unpaired) electrons. The molecule has 2 aromatic carbocycles. The first kappa shape index (κ1) is 20.9. The zero-order valence-electron chi connectivity index (χ0n) is 15.9. The van der Waals surface area contributed by atoms with Gasteiger partial charge in [-0.05, 0) is 63.6 Å². The quantitative estimate of drug-likeness (QED) is 0.813. The number of aryl methyl sites for hydroxylation is 1. The fraction of sp³-hybridized carbons (Fsp3) is 0.316. The van der Waals surface area contributed by atoms with Crippen LogP contribution < -0.4 is 14.8 Å². The average Bonchev–Trinajstić information content (AvgIpc) is 2.55. The Hall–Kier alpha value is -2.45. The van der Waals surface area contributed by atoms with E-state index in [2.05, 4.69) is 10.0 Å². The van der Waals surface area contributed by atoms with Gasteiger partial charge in [-0.15, -0.1) is 0 Å². The molecule has 0 saturated carbocycles. The first-order valence-electron chi connectivity index (χ1n) is 8.22. The number of halogens is 1. The molecule has 6 nitrogen and oxygen atoms in total. The molecular weight excluding hydrogens is 371 g/mol. The van der Waals surface area contributed by atoms with Gasteiger partial charge in [0.1, 0.15) is 16.5 Å². The molecule has 0 fully saturated rings. The van der Waals surface area contributed by atoms with Gasteiger partial charge in [0.15, 0.2) is 0 Å². The average molecular weight is 394 g/mol. The molecular formula is C19H23FN2O4S. The van der Waals surface area contributed by atoms with Crippen LogP contribution in [-0.2, 0) is 10.0 Å². The molecule has 0 spiro atoms. The lowest BCUT2D eigenvalue weighted by Gasteiger charge is -2.21. The molecule has 1 amide bonds. The summed E-state index contributed by atoms with van der Waals surface area (Å²) in [5.41, 5.74) is 0.144. The number of hydrogen-bond donors (Lipinski definition) is 2. The van der Waals surface area contributed by atoms with Gasteiger partial charge < -0.3 is 10.1 Å². The molecule has 0 aliphatic rings. The molecule has 0 atom stereocenters. The second kappa shape index (κ2) is 7.66.